The summed E-state index contributed by atoms with van der Waals surface area (Å²) in [5, 5.41) is 4.38. The van der Waals surface area contributed by atoms with E-state index in [2.05, 4.69) is 18.5 Å². The van der Waals surface area contributed by atoms with Gasteiger partial charge in [0.05, 0.1) is 19.8 Å². The highest BCUT2D eigenvalue weighted by Gasteiger charge is 2.18. The predicted octanol–water partition coefficient (Wildman–Crippen LogP) is 1.60. The van der Waals surface area contributed by atoms with Crippen LogP contribution in [0.15, 0.2) is 37.4 Å². The predicted molar refractivity (Wildman–Crippen MR) is 95.5 cm³/mol. The molecule has 140 valence electrons. The van der Waals surface area contributed by atoms with Gasteiger partial charge < -0.3 is 19.5 Å². The molecular formula is C18H22N2O6. The number of rotatable bonds is 9. The maximum Gasteiger partial charge on any atom is 0.338 e. The molecule has 0 radical (unpaired) electrons. The summed E-state index contributed by atoms with van der Waals surface area (Å²) in [6, 6.07) is 2.31. The molecule has 8 nitrogen and oxygen atoms in total. The number of allylic oxidation sites excluding steroid dienone is 1. The topological polar surface area (TPSA) is 103 Å². The van der Waals surface area contributed by atoms with Crippen LogP contribution in [0.5, 0.6) is 11.5 Å². The molecule has 2 N–H and O–H groups in total. The van der Waals surface area contributed by atoms with E-state index in [0.29, 0.717) is 23.5 Å². The Balaban J connectivity index is 2.79. The fourth-order valence-corrected chi connectivity index (χ4v) is 2.05. The number of hydrogen-bond donors (Lipinski definition) is 2. The van der Waals surface area contributed by atoms with Gasteiger partial charge in [-0.2, -0.15) is 0 Å². The molecule has 0 aliphatic rings. The number of amides is 3. The van der Waals surface area contributed by atoms with Crippen molar-refractivity contribution in [3.05, 3.63) is 48.6 Å². The second-order valence-corrected chi connectivity index (χ2v) is 4.99. The fraction of sp³-hybridized carbons (Fsp3) is 0.278. The van der Waals surface area contributed by atoms with E-state index in [4.69, 9.17) is 14.2 Å². The normalized spacial score (nSPS) is 9.62. The zero-order valence-corrected chi connectivity index (χ0v) is 14.8. The molecule has 8 heteroatoms. The lowest BCUT2D eigenvalue weighted by Crippen LogP contribution is -2.41. The second-order valence-electron chi connectivity index (χ2n) is 4.99. The molecule has 0 atom stereocenters. The summed E-state index contributed by atoms with van der Waals surface area (Å²) >= 11 is 0. The third-order valence-electron chi connectivity index (χ3n) is 3.15. The number of nitrogens with one attached hydrogen (secondary N) is 2. The smallest absolute Gasteiger partial charge is 0.338 e. The van der Waals surface area contributed by atoms with Crippen molar-refractivity contribution in [1.29, 1.82) is 0 Å². The van der Waals surface area contributed by atoms with Crippen LogP contribution in [-0.4, -0.2) is 45.3 Å². The van der Waals surface area contributed by atoms with Crippen LogP contribution in [0, 0.1) is 0 Å². The minimum Gasteiger partial charge on any atom is -0.493 e. The first-order chi connectivity index (χ1) is 12.5. The maximum absolute atomic E-state index is 12.2. The van der Waals surface area contributed by atoms with Crippen molar-refractivity contribution in [2.75, 3.05) is 27.4 Å². The highest BCUT2D eigenvalue weighted by molar-refractivity contribution is 5.97. The average Bonchev–Trinajstić information content (AvgIpc) is 2.63. The summed E-state index contributed by atoms with van der Waals surface area (Å²) in [7, 11) is 2.93. The Morgan fingerprint density at radius 3 is 2.42 bits per heavy atom. The van der Waals surface area contributed by atoms with E-state index >= 15 is 0 Å². The first-order valence-electron chi connectivity index (χ1n) is 7.68. The SMILES string of the molecule is C=CCNC(=O)NC(=O)COC(=O)c1cc(CC=C)c(OC)c(OC)c1. The Morgan fingerprint density at radius 1 is 1.12 bits per heavy atom. The van der Waals surface area contributed by atoms with Crippen LogP contribution in [0.4, 0.5) is 4.79 Å². The molecule has 0 heterocycles. The van der Waals surface area contributed by atoms with Gasteiger partial charge >= 0.3 is 12.0 Å². The van der Waals surface area contributed by atoms with Crippen molar-refractivity contribution < 1.29 is 28.6 Å². The molecule has 0 fully saturated rings. The van der Waals surface area contributed by atoms with Crippen LogP contribution in [0.3, 0.4) is 0 Å². The van der Waals surface area contributed by atoms with Crippen LogP contribution in [0.2, 0.25) is 0 Å². The molecule has 0 aromatic heterocycles. The summed E-state index contributed by atoms with van der Waals surface area (Å²) in [5.41, 5.74) is 0.866. The van der Waals surface area contributed by atoms with E-state index in [1.54, 1.807) is 12.1 Å². The van der Waals surface area contributed by atoms with Gasteiger partial charge in [0.25, 0.3) is 5.91 Å². The molecule has 0 aliphatic carbocycles. The molecule has 3 amide bonds. The Kier molecular flexibility index (Phi) is 8.42. The molecule has 0 saturated heterocycles. The third-order valence-corrected chi connectivity index (χ3v) is 3.15. The van der Waals surface area contributed by atoms with Crippen LogP contribution in [-0.2, 0) is 16.0 Å². The van der Waals surface area contributed by atoms with Crippen molar-refractivity contribution in [2.45, 2.75) is 6.42 Å². The number of ether oxygens (including phenoxy) is 3. The maximum atomic E-state index is 12.2. The van der Waals surface area contributed by atoms with Crippen LogP contribution >= 0.6 is 0 Å². The number of carbonyl (C=O) groups excluding carboxylic acids is 3. The Bertz CT molecular complexity index is 699. The van der Waals surface area contributed by atoms with Crippen molar-refractivity contribution in [3.63, 3.8) is 0 Å². The van der Waals surface area contributed by atoms with Crippen molar-refractivity contribution in [2.24, 2.45) is 0 Å². The number of hydrogen-bond acceptors (Lipinski definition) is 6. The van der Waals surface area contributed by atoms with Gasteiger partial charge in [0, 0.05) is 12.1 Å². The van der Waals surface area contributed by atoms with Crippen LogP contribution in [0.1, 0.15) is 15.9 Å². The molecule has 0 unspecified atom stereocenters. The zero-order valence-electron chi connectivity index (χ0n) is 14.8. The van der Waals surface area contributed by atoms with Crippen molar-refractivity contribution in [1.82, 2.24) is 10.6 Å². The summed E-state index contributed by atoms with van der Waals surface area (Å²) in [4.78, 5) is 35.1. The number of imide groups is 1. The molecule has 1 aromatic rings. The standard InChI is InChI=1S/C18H22N2O6/c1-5-7-12-9-13(10-14(24-3)16(12)25-4)17(22)26-11-15(21)20-18(23)19-8-6-2/h5-6,9-10H,1-2,7-8,11H2,3-4H3,(H2,19,20,21,23). The number of carbonyl (C=O) groups is 3. The number of benzene rings is 1. The van der Waals surface area contributed by atoms with Gasteiger partial charge in [-0.3, -0.25) is 10.1 Å². The van der Waals surface area contributed by atoms with Crippen LogP contribution < -0.4 is 20.1 Å². The number of urea groups is 1. The minimum absolute atomic E-state index is 0.184. The molecule has 1 aromatic carbocycles. The molecule has 0 spiro atoms. The van der Waals surface area contributed by atoms with E-state index in [0.717, 1.165) is 0 Å². The van der Waals surface area contributed by atoms with E-state index in [-0.39, 0.29) is 12.1 Å². The lowest BCUT2D eigenvalue weighted by Gasteiger charge is -2.14. The van der Waals surface area contributed by atoms with Gasteiger partial charge in [-0.1, -0.05) is 12.2 Å². The molecule has 0 aliphatic heterocycles. The first-order valence-corrected chi connectivity index (χ1v) is 7.68. The lowest BCUT2D eigenvalue weighted by molar-refractivity contribution is -0.123. The van der Waals surface area contributed by atoms with Gasteiger partial charge in [0.15, 0.2) is 18.1 Å². The average molecular weight is 362 g/mol. The Labute approximate surface area is 151 Å². The van der Waals surface area contributed by atoms with Gasteiger partial charge in [-0.25, -0.2) is 9.59 Å². The molecule has 0 saturated carbocycles. The Morgan fingerprint density at radius 2 is 1.85 bits per heavy atom. The summed E-state index contributed by atoms with van der Waals surface area (Å²) in [6.07, 6.45) is 3.56. The third kappa shape index (κ3) is 5.97. The first kappa shape index (κ1) is 20.8. The number of methoxy groups -OCH3 is 2. The van der Waals surface area contributed by atoms with Crippen molar-refractivity contribution >= 4 is 17.9 Å². The quantitative estimate of drug-likeness (QED) is 0.511. The highest BCUT2D eigenvalue weighted by atomic mass is 16.5. The summed E-state index contributed by atoms with van der Waals surface area (Å²) in [5.74, 6) is -0.655. The van der Waals surface area contributed by atoms with E-state index in [1.165, 1.54) is 26.4 Å². The molecule has 1 rings (SSSR count). The van der Waals surface area contributed by atoms with Gasteiger partial charge in [0.1, 0.15) is 0 Å². The lowest BCUT2D eigenvalue weighted by atomic mass is 10.1. The zero-order chi connectivity index (χ0) is 19.5. The largest absolute Gasteiger partial charge is 0.493 e. The summed E-state index contributed by atoms with van der Waals surface area (Å²) < 4.78 is 15.4. The monoisotopic (exact) mass is 362 g/mol. The molecular weight excluding hydrogens is 340 g/mol. The minimum atomic E-state index is -0.758. The number of esters is 1. The van der Waals surface area contributed by atoms with E-state index < -0.39 is 24.5 Å². The fourth-order valence-electron chi connectivity index (χ4n) is 2.05. The molecule has 0 bridgehead atoms. The Hall–Kier alpha value is -3.29. The van der Waals surface area contributed by atoms with Crippen molar-refractivity contribution in [3.8, 4) is 11.5 Å². The van der Waals surface area contributed by atoms with Gasteiger partial charge in [0.2, 0.25) is 0 Å². The van der Waals surface area contributed by atoms with Gasteiger partial charge in [-0.15, -0.1) is 13.2 Å². The van der Waals surface area contributed by atoms with Gasteiger partial charge in [-0.05, 0) is 18.6 Å². The van der Waals surface area contributed by atoms with E-state index in [9.17, 15) is 14.4 Å². The highest BCUT2D eigenvalue weighted by Crippen LogP contribution is 2.33. The van der Waals surface area contributed by atoms with E-state index in [1.807, 2.05) is 5.32 Å². The molecule has 26 heavy (non-hydrogen) atoms. The van der Waals surface area contributed by atoms with Crippen LogP contribution in [0.25, 0.3) is 0 Å². The summed E-state index contributed by atoms with van der Waals surface area (Å²) in [6.45, 7) is 6.69. The second kappa shape index (κ2) is 10.5.